The lowest BCUT2D eigenvalue weighted by molar-refractivity contribution is 0.458. The topological polar surface area (TPSA) is 41.9 Å². The zero-order valence-corrected chi connectivity index (χ0v) is 9.65. The summed E-state index contributed by atoms with van der Waals surface area (Å²) < 4.78 is 2.16. The summed E-state index contributed by atoms with van der Waals surface area (Å²) in [5, 5.41) is 11.4. The van der Waals surface area contributed by atoms with Crippen molar-refractivity contribution in [3.63, 3.8) is 0 Å². The van der Waals surface area contributed by atoms with E-state index in [1.54, 1.807) is 0 Å². The normalized spacial score (nSPS) is 30.8. The van der Waals surface area contributed by atoms with Gasteiger partial charge in [0.25, 0.3) is 0 Å². The number of nitrogens with zero attached hydrogens (tertiary/aromatic N) is 2. The maximum absolute atomic E-state index is 4.52. The Labute approximate surface area is 96.4 Å². The summed E-state index contributed by atoms with van der Waals surface area (Å²) in [4.78, 5) is 0. The van der Waals surface area contributed by atoms with Crippen molar-refractivity contribution in [2.75, 3.05) is 26.2 Å². The highest BCUT2D eigenvalue weighted by Crippen LogP contribution is 2.24. The molecular formula is C12H20N4. The zero-order chi connectivity index (χ0) is 10.8. The van der Waals surface area contributed by atoms with Gasteiger partial charge < -0.3 is 10.6 Å². The number of aromatic nitrogens is 2. The van der Waals surface area contributed by atoms with Gasteiger partial charge in [-0.15, -0.1) is 0 Å². The Bertz CT molecular complexity index is 335. The second-order valence-electron chi connectivity index (χ2n) is 4.94. The molecule has 0 bridgehead atoms. The molecule has 4 nitrogen and oxygen atoms in total. The van der Waals surface area contributed by atoms with Gasteiger partial charge in [-0.3, -0.25) is 4.68 Å². The third-order valence-electron chi connectivity index (χ3n) is 3.80. The summed E-state index contributed by atoms with van der Waals surface area (Å²) in [7, 11) is 0. The minimum atomic E-state index is 0.574. The second-order valence-corrected chi connectivity index (χ2v) is 4.94. The van der Waals surface area contributed by atoms with E-state index in [-0.39, 0.29) is 0 Å². The average Bonchev–Trinajstić information content (AvgIpc) is 3.01. The highest BCUT2D eigenvalue weighted by atomic mass is 15.3. The molecule has 1 aromatic heterocycles. The number of rotatable bonds is 2. The van der Waals surface area contributed by atoms with Crippen LogP contribution in [0.4, 0.5) is 0 Å². The largest absolute Gasteiger partial charge is 0.316 e. The van der Waals surface area contributed by atoms with E-state index in [4.69, 9.17) is 0 Å². The van der Waals surface area contributed by atoms with Gasteiger partial charge in [-0.05, 0) is 43.8 Å². The first-order valence-electron chi connectivity index (χ1n) is 6.39. The third-order valence-corrected chi connectivity index (χ3v) is 3.80. The summed E-state index contributed by atoms with van der Waals surface area (Å²) in [6.45, 7) is 4.50. The first-order valence-corrected chi connectivity index (χ1v) is 6.39. The predicted molar refractivity (Wildman–Crippen MR) is 63.6 cm³/mol. The highest BCUT2D eigenvalue weighted by molar-refractivity contribution is 5.13. The minimum absolute atomic E-state index is 0.574. The third kappa shape index (κ3) is 1.99. The molecular weight excluding hydrogens is 200 g/mol. The molecule has 0 saturated carbocycles. The molecule has 0 amide bonds. The summed E-state index contributed by atoms with van der Waals surface area (Å²) in [6.07, 6.45) is 8.14. The van der Waals surface area contributed by atoms with E-state index in [2.05, 4.69) is 32.8 Å². The fourth-order valence-electron chi connectivity index (χ4n) is 2.76. The number of hydrogen-bond donors (Lipinski definition) is 2. The zero-order valence-electron chi connectivity index (χ0n) is 9.65. The van der Waals surface area contributed by atoms with Crippen LogP contribution < -0.4 is 10.6 Å². The lowest BCUT2D eigenvalue weighted by atomic mass is 9.94. The van der Waals surface area contributed by atoms with Gasteiger partial charge in [0.2, 0.25) is 0 Å². The van der Waals surface area contributed by atoms with Crippen molar-refractivity contribution in [1.29, 1.82) is 0 Å². The van der Waals surface area contributed by atoms with Gasteiger partial charge in [0.15, 0.2) is 0 Å². The number of hydrogen-bond acceptors (Lipinski definition) is 3. The Balaban J connectivity index is 1.71. The molecule has 88 valence electrons. The van der Waals surface area contributed by atoms with Crippen LogP contribution in [0.15, 0.2) is 12.4 Å². The molecule has 3 heterocycles. The highest BCUT2D eigenvalue weighted by Gasteiger charge is 2.20. The smallest absolute Gasteiger partial charge is 0.0655 e. The molecule has 2 aliphatic rings. The van der Waals surface area contributed by atoms with Crippen LogP contribution >= 0.6 is 0 Å². The average molecular weight is 220 g/mol. The van der Waals surface area contributed by atoms with Crippen LogP contribution in [0.5, 0.6) is 0 Å². The fourth-order valence-corrected chi connectivity index (χ4v) is 2.76. The fraction of sp³-hybridized carbons (Fsp3) is 0.750. The quantitative estimate of drug-likeness (QED) is 0.777. The van der Waals surface area contributed by atoms with Crippen LogP contribution in [-0.4, -0.2) is 36.0 Å². The lowest BCUT2D eigenvalue weighted by Gasteiger charge is -2.21. The van der Waals surface area contributed by atoms with Crippen LogP contribution in [0.2, 0.25) is 0 Å². The summed E-state index contributed by atoms with van der Waals surface area (Å²) in [6, 6.07) is 0.574. The molecule has 2 saturated heterocycles. The van der Waals surface area contributed by atoms with Crippen molar-refractivity contribution in [2.45, 2.75) is 31.2 Å². The first-order chi connectivity index (χ1) is 7.93. The Hall–Kier alpha value is -0.870. The molecule has 0 spiro atoms. The van der Waals surface area contributed by atoms with E-state index in [1.165, 1.54) is 31.4 Å². The van der Waals surface area contributed by atoms with Gasteiger partial charge >= 0.3 is 0 Å². The summed E-state index contributed by atoms with van der Waals surface area (Å²) in [5.41, 5.74) is 1.42. The molecule has 2 fully saturated rings. The van der Waals surface area contributed by atoms with E-state index in [0.29, 0.717) is 12.0 Å². The molecule has 2 aliphatic heterocycles. The maximum atomic E-state index is 4.52. The van der Waals surface area contributed by atoms with Gasteiger partial charge in [-0.2, -0.15) is 5.10 Å². The standard InChI is InChI=1S/C12H20N4/c1-2-10(6-13-4-1)11-7-15-16(9-11)12-3-5-14-8-12/h7,9-10,12-14H,1-6,8H2. The lowest BCUT2D eigenvalue weighted by Crippen LogP contribution is -2.28. The second kappa shape index (κ2) is 4.55. The Kier molecular flexibility index (Phi) is 2.93. The van der Waals surface area contributed by atoms with Crippen molar-refractivity contribution in [2.24, 2.45) is 0 Å². The molecule has 16 heavy (non-hydrogen) atoms. The molecule has 4 heteroatoms. The molecule has 0 aromatic carbocycles. The molecule has 2 atom stereocenters. The van der Waals surface area contributed by atoms with E-state index in [9.17, 15) is 0 Å². The van der Waals surface area contributed by atoms with E-state index >= 15 is 0 Å². The predicted octanol–water partition coefficient (Wildman–Crippen LogP) is 0.884. The summed E-state index contributed by atoms with van der Waals surface area (Å²) in [5.74, 6) is 0.678. The van der Waals surface area contributed by atoms with Gasteiger partial charge in [0.1, 0.15) is 0 Å². The molecule has 1 aromatic rings. The molecule has 2 unspecified atom stereocenters. The van der Waals surface area contributed by atoms with Crippen molar-refractivity contribution in [3.8, 4) is 0 Å². The Morgan fingerprint density at radius 3 is 2.88 bits per heavy atom. The van der Waals surface area contributed by atoms with Crippen LogP contribution in [0.25, 0.3) is 0 Å². The van der Waals surface area contributed by atoms with Crippen LogP contribution in [-0.2, 0) is 0 Å². The number of piperidine rings is 1. The van der Waals surface area contributed by atoms with Crippen molar-refractivity contribution < 1.29 is 0 Å². The van der Waals surface area contributed by atoms with Crippen molar-refractivity contribution in [3.05, 3.63) is 18.0 Å². The van der Waals surface area contributed by atoms with E-state index in [1.807, 2.05) is 0 Å². The van der Waals surface area contributed by atoms with Gasteiger partial charge in [0, 0.05) is 19.3 Å². The van der Waals surface area contributed by atoms with Crippen molar-refractivity contribution >= 4 is 0 Å². The van der Waals surface area contributed by atoms with Gasteiger partial charge in [-0.1, -0.05) is 0 Å². The van der Waals surface area contributed by atoms with Gasteiger partial charge in [0.05, 0.1) is 12.2 Å². The molecule has 0 radical (unpaired) electrons. The molecule has 2 N–H and O–H groups in total. The summed E-state index contributed by atoms with van der Waals surface area (Å²) >= 11 is 0. The van der Waals surface area contributed by atoms with Crippen LogP contribution in [0, 0.1) is 0 Å². The minimum Gasteiger partial charge on any atom is -0.316 e. The SMILES string of the molecule is c1nn(C2CCNC2)cc1C1CCCNC1. The van der Waals surface area contributed by atoms with Gasteiger partial charge in [-0.25, -0.2) is 0 Å². The van der Waals surface area contributed by atoms with Crippen LogP contribution in [0.3, 0.4) is 0 Å². The van der Waals surface area contributed by atoms with E-state index in [0.717, 1.165) is 19.6 Å². The monoisotopic (exact) mass is 220 g/mol. The van der Waals surface area contributed by atoms with Crippen molar-refractivity contribution in [1.82, 2.24) is 20.4 Å². The first kappa shape index (κ1) is 10.3. The molecule has 3 rings (SSSR count). The number of nitrogens with one attached hydrogen (secondary N) is 2. The Morgan fingerprint density at radius 2 is 2.12 bits per heavy atom. The maximum Gasteiger partial charge on any atom is 0.0655 e. The van der Waals surface area contributed by atoms with Crippen LogP contribution in [0.1, 0.15) is 36.8 Å². The molecule has 0 aliphatic carbocycles. The van der Waals surface area contributed by atoms with E-state index < -0.39 is 0 Å². The Morgan fingerprint density at radius 1 is 1.19 bits per heavy atom.